The van der Waals surface area contributed by atoms with Crippen molar-refractivity contribution in [3.05, 3.63) is 18.0 Å². The molecule has 2 aliphatic rings. The third-order valence-electron chi connectivity index (χ3n) is 4.23. The zero-order valence-electron chi connectivity index (χ0n) is 13.2. The minimum Gasteiger partial charge on any atom is -0.373 e. The summed E-state index contributed by atoms with van der Waals surface area (Å²) in [6.07, 6.45) is 8.44. The van der Waals surface area contributed by atoms with Crippen LogP contribution in [0.2, 0.25) is 0 Å². The van der Waals surface area contributed by atoms with Crippen molar-refractivity contribution in [3.63, 3.8) is 0 Å². The molecule has 2 aliphatic heterocycles. The SMILES string of the molecule is C[C@@H]1CN(Cc2cnc(N3CCCCC3)nc2)C[C@H](C)O1. The van der Waals surface area contributed by atoms with Gasteiger partial charge in [-0.15, -0.1) is 0 Å². The molecule has 3 heterocycles. The molecule has 1 aromatic rings. The van der Waals surface area contributed by atoms with Gasteiger partial charge in [0, 0.05) is 50.7 Å². The molecular weight excluding hydrogens is 264 g/mol. The number of piperidine rings is 1. The van der Waals surface area contributed by atoms with Gasteiger partial charge in [0.2, 0.25) is 5.95 Å². The molecule has 3 rings (SSSR count). The molecule has 0 spiro atoms. The molecule has 1 aromatic heterocycles. The highest BCUT2D eigenvalue weighted by atomic mass is 16.5. The fourth-order valence-electron chi connectivity index (χ4n) is 3.36. The van der Waals surface area contributed by atoms with E-state index < -0.39 is 0 Å². The quantitative estimate of drug-likeness (QED) is 0.852. The van der Waals surface area contributed by atoms with Crippen molar-refractivity contribution < 1.29 is 4.74 Å². The standard InChI is InChI=1S/C16H26N4O/c1-13-10-19(11-14(2)21-13)12-15-8-17-16(18-9-15)20-6-4-3-5-7-20/h8-9,13-14H,3-7,10-12H2,1-2H3/t13-,14+. The van der Waals surface area contributed by atoms with Crippen LogP contribution in [-0.2, 0) is 11.3 Å². The van der Waals surface area contributed by atoms with Crippen molar-refractivity contribution in [1.82, 2.24) is 14.9 Å². The van der Waals surface area contributed by atoms with E-state index in [1.807, 2.05) is 12.4 Å². The fourth-order valence-corrected chi connectivity index (χ4v) is 3.36. The Morgan fingerprint density at radius 3 is 2.29 bits per heavy atom. The molecule has 0 unspecified atom stereocenters. The van der Waals surface area contributed by atoms with Crippen molar-refractivity contribution in [2.75, 3.05) is 31.1 Å². The molecule has 2 saturated heterocycles. The fraction of sp³-hybridized carbons (Fsp3) is 0.750. The Hall–Kier alpha value is -1.20. The van der Waals surface area contributed by atoms with Crippen molar-refractivity contribution in [2.45, 2.75) is 51.9 Å². The highest BCUT2D eigenvalue weighted by Crippen LogP contribution is 2.17. The predicted molar refractivity (Wildman–Crippen MR) is 83.4 cm³/mol. The maximum absolute atomic E-state index is 5.77. The molecule has 0 bridgehead atoms. The van der Waals surface area contributed by atoms with Gasteiger partial charge in [0.1, 0.15) is 0 Å². The van der Waals surface area contributed by atoms with Gasteiger partial charge in [0.15, 0.2) is 0 Å². The Balaban J connectivity index is 1.59. The van der Waals surface area contributed by atoms with Crippen molar-refractivity contribution >= 4 is 5.95 Å². The number of anilines is 1. The average molecular weight is 290 g/mol. The third-order valence-corrected chi connectivity index (χ3v) is 4.23. The third kappa shape index (κ3) is 3.92. The van der Waals surface area contributed by atoms with Crippen LogP contribution in [0.5, 0.6) is 0 Å². The Kier molecular flexibility index (Phi) is 4.70. The Morgan fingerprint density at radius 1 is 1.05 bits per heavy atom. The van der Waals surface area contributed by atoms with Crippen LogP contribution in [0.25, 0.3) is 0 Å². The summed E-state index contributed by atoms with van der Waals surface area (Å²) in [7, 11) is 0. The largest absolute Gasteiger partial charge is 0.373 e. The molecule has 0 aliphatic carbocycles. The summed E-state index contributed by atoms with van der Waals surface area (Å²) < 4.78 is 5.77. The summed E-state index contributed by atoms with van der Waals surface area (Å²) >= 11 is 0. The second kappa shape index (κ2) is 6.71. The van der Waals surface area contributed by atoms with Crippen LogP contribution in [0.15, 0.2) is 12.4 Å². The normalized spacial score (nSPS) is 27.8. The van der Waals surface area contributed by atoms with Crippen molar-refractivity contribution in [3.8, 4) is 0 Å². The van der Waals surface area contributed by atoms with Gasteiger partial charge < -0.3 is 9.64 Å². The van der Waals surface area contributed by atoms with E-state index >= 15 is 0 Å². The lowest BCUT2D eigenvalue weighted by Crippen LogP contribution is -2.44. The van der Waals surface area contributed by atoms with Gasteiger partial charge in [-0.05, 0) is 33.1 Å². The second-order valence-electron chi connectivity index (χ2n) is 6.39. The lowest BCUT2D eigenvalue weighted by molar-refractivity contribution is -0.0705. The predicted octanol–water partition coefficient (Wildman–Crippen LogP) is 2.08. The number of hydrogen-bond donors (Lipinski definition) is 0. The molecule has 5 heteroatoms. The summed E-state index contributed by atoms with van der Waals surface area (Å²) in [6, 6.07) is 0. The molecular formula is C16H26N4O. The molecule has 2 fully saturated rings. The first kappa shape index (κ1) is 14.7. The first-order valence-corrected chi connectivity index (χ1v) is 8.14. The number of morpholine rings is 1. The maximum Gasteiger partial charge on any atom is 0.225 e. The van der Waals surface area contributed by atoms with Crippen molar-refractivity contribution in [2.24, 2.45) is 0 Å². The van der Waals surface area contributed by atoms with Crippen molar-refractivity contribution in [1.29, 1.82) is 0 Å². The summed E-state index contributed by atoms with van der Waals surface area (Å²) in [4.78, 5) is 13.9. The van der Waals surface area contributed by atoms with Crippen LogP contribution in [0.3, 0.4) is 0 Å². The molecule has 2 atom stereocenters. The highest BCUT2D eigenvalue weighted by Gasteiger charge is 2.22. The summed E-state index contributed by atoms with van der Waals surface area (Å²) in [5.41, 5.74) is 1.19. The summed E-state index contributed by atoms with van der Waals surface area (Å²) in [5, 5.41) is 0. The number of nitrogens with zero attached hydrogens (tertiary/aromatic N) is 4. The topological polar surface area (TPSA) is 41.5 Å². The van der Waals surface area contributed by atoms with Crippen LogP contribution < -0.4 is 4.90 Å². The maximum atomic E-state index is 5.77. The number of ether oxygens (including phenoxy) is 1. The molecule has 21 heavy (non-hydrogen) atoms. The van der Waals surface area contributed by atoms with E-state index in [0.29, 0.717) is 12.2 Å². The van der Waals surface area contributed by atoms with Crippen LogP contribution in [0, 0.1) is 0 Å². The molecule has 5 nitrogen and oxygen atoms in total. The zero-order chi connectivity index (χ0) is 14.7. The monoisotopic (exact) mass is 290 g/mol. The molecule has 116 valence electrons. The average Bonchev–Trinajstić information content (AvgIpc) is 2.48. The molecule has 0 N–H and O–H groups in total. The first-order chi connectivity index (χ1) is 10.2. The molecule has 0 radical (unpaired) electrons. The van der Waals surface area contributed by atoms with E-state index in [2.05, 4.69) is 33.6 Å². The number of aromatic nitrogens is 2. The van der Waals surface area contributed by atoms with E-state index in [4.69, 9.17) is 4.74 Å². The Labute approximate surface area is 127 Å². The molecule has 0 aromatic carbocycles. The Morgan fingerprint density at radius 2 is 1.67 bits per heavy atom. The first-order valence-electron chi connectivity index (χ1n) is 8.14. The lowest BCUT2D eigenvalue weighted by Gasteiger charge is -2.35. The summed E-state index contributed by atoms with van der Waals surface area (Å²) in [5.74, 6) is 0.891. The molecule has 0 amide bonds. The van der Waals surface area contributed by atoms with Gasteiger partial charge in [0.25, 0.3) is 0 Å². The lowest BCUT2D eigenvalue weighted by atomic mass is 10.1. The minimum absolute atomic E-state index is 0.308. The van der Waals surface area contributed by atoms with Crippen LogP contribution >= 0.6 is 0 Å². The van der Waals surface area contributed by atoms with Gasteiger partial charge in [-0.2, -0.15) is 0 Å². The van der Waals surface area contributed by atoms with Crippen LogP contribution in [-0.4, -0.2) is 53.3 Å². The minimum atomic E-state index is 0.308. The van der Waals surface area contributed by atoms with E-state index in [-0.39, 0.29) is 0 Å². The van der Waals surface area contributed by atoms with Gasteiger partial charge in [-0.25, -0.2) is 9.97 Å². The van der Waals surface area contributed by atoms with Gasteiger partial charge in [-0.1, -0.05) is 0 Å². The van der Waals surface area contributed by atoms with E-state index in [1.54, 1.807) is 0 Å². The van der Waals surface area contributed by atoms with Crippen LogP contribution in [0.4, 0.5) is 5.95 Å². The zero-order valence-corrected chi connectivity index (χ0v) is 13.2. The number of hydrogen-bond acceptors (Lipinski definition) is 5. The number of rotatable bonds is 3. The van der Waals surface area contributed by atoms with E-state index in [9.17, 15) is 0 Å². The van der Waals surface area contributed by atoms with Gasteiger partial charge >= 0.3 is 0 Å². The van der Waals surface area contributed by atoms with Gasteiger partial charge in [0.05, 0.1) is 12.2 Å². The molecule has 0 saturated carbocycles. The highest BCUT2D eigenvalue weighted by molar-refractivity contribution is 5.30. The second-order valence-corrected chi connectivity index (χ2v) is 6.39. The van der Waals surface area contributed by atoms with E-state index in [1.165, 1.54) is 24.8 Å². The van der Waals surface area contributed by atoms with Gasteiger partial charge in [-0.3, -0.25) is 4.90 Å². The van der Waals surface area contributed by atoms with Crippen LogP contribution in [0.1, 0.15) is 38.7 Å². The van der Waals surface area contributed by atoms with E-state index in [0.717, 1.165) is 38.7 Å². The Bertz CT molecular complexity index is 434. The smallest absolute Gasteiger partial charge is 0.225 e. The summed E-state index contributed by atoms with van der Waals surface area (Å²) in [6.45, 7) is 9.35.